The molecule has 0 amide bonds. The second-order valence-corrected chi connectivity index (χ2v) is 26.0. The normalized spacial score (nSPS) is 16.6. The standard InChI is InChI=1S/C21H21N3O4S.C18H20FN5O2S.C18H21N5O2S/c1-23-9-6-15(7-10-23)18-14-24(21-17(18)3-2-8-22-21)29(25,26)16-4-5-19-20(13-16)28-12-11-27-19;1-12-20-17(11-23(12)3)27(25,26)24-16-5-4-14(19)10-15(16)18(21-24)13-6-8-22(2)9-7-13;1-13-19-17(12-22(13)3)26(24,25)23-16-7-5-4-6-15(16)18(20-23)14-8-10-21(2)11-9-14/h2-6,8,13-14H,7,9-12H2,1H3;4-6,10-11H,7-9H2,1-3H3;4-8,12H,9-11H2,1-3H3. The van der Waals surface area contributed by atoms with Crippen LogP contribution in [0.15, 0.2) is 131 Å². The van der Waals surface area contributed by atoms with E-state index in [9.17, 15) is 29.6 Å². The quantitative estimate of drug-likeness (QED) is 0.142. The monoisotopic (exact) mass is 1170 g/mol. The minimum absolute atomic E-state index is 0.00894. The first-order chi connectivity index (χ1) is 39.2. The largest absolute Gasteiger partial charge is 0.486 e. The number of rotatable bonds is 9. The maximum Gasteiger partial charge on any atom is 0.302 e. The summed E-state index contributed by atoms with van der Waals surface area (Å²) in [6.07, 6.45) is 15.0. The second-order valence-electron chi connectivity index (χ2n) is 20.8. The van der Waals surface area contributed by atoms with Gasteiger partial charge in [0, 0.05) is 106 Å². The number of benzene rings is 3. The Morgan fingerprint density at radius 3 is 1.61 bits per heavy atom. The average Bonchev–Trinajstić information content (AvgIpc) is 4.19. The summed E-state index contributed by atoms with van der Waals surface area (Å²) in [6, 6.07) is 19.9. The van der Waals surface area contributed by atoms with E-state index in [2.05, 4.69) is 66.1 Å². The molecule has 0 saturated heterocycles. The maximum absolute atomic E-state index is 13.9. The van der Waals surface area contributed by atoms with Gasteiger partial charge in [-0.2, -0.15) is 35.2 Å². The number of nitrogens with zero attached hydrogens (tertiary/aromatic N) is 13. The van der Waals surface area contributed by atoms with Gasteiger partial charge >= 0.3 is 20.0 Å². The Morgan fingerprint density at radius 2 is 1.06 bits per heavy atom. The van der Waals surface area contributed by atoms with Crippen LogP contribution in [0.4, 0.5) is 4.39 Å². The van der Waals surface area contributed by atoms with Crippen LogP contribution in [0, 0.1) is 19.7 Å². The highest BCUT2D eigenvalue weighted by Gasteiger charge is 2.31. The lowest BCUT2D eigenvalue weighted by Crippen LogP contribution is -2.24. The molecule has 0 N–H and O–H groups in total. The van der Waals surface area contributed by atoms with Gasteiger partial charge in [0.1, 0.15) is 30.7 Å². The summed E-state index contributed by atoms with van der Waals surface area (Å²) in [6.45, 7) is 9.48. The van der Waals surface area contributed by atoms with Gasteiger partial charge in [-0.05, 0) is 120 Å². The van der Waals surface area contributed by atoms with Crippen LogP contribution in [-0.2, 0) is 44.2 Å². The van der Waals surface area contributed by atoms with E-state index in [1.54, 1.807) is 67.7 Å². The molecule has 82 heavy (non-hydrogen) atoms. The van der Waals surface area contributed by atoms with Crippen molar-refractivity contribution >= 4 is 79.6 Å². The van der Waals surface area contributed by atoms with E-state index in [0.29, 0.717) is 64.1 Å². The Kier molecular flexibility index (Phi) is 15.2. The molecule has 0 fully saturated rings. The Labute approximate surface area is 475 Å². The van der Waals surface area contributed by atoms with Crippen LogP contribution >= 0.6 is 0 Å². The topological polar surface area (TPSA) is 220 Å². The maximum atomic E-state index is 13.9. The highest BCUT2D eigenvalue weighted by atomic mass is 32.2. The van der Waals surface area contributed by atoms with Gasteiger partial charge in [0.05, 0.1) is 27.3 Å². The zero-order chi connectivity index (χ0) is 57.8. The minimum atomic E-state index is -4.00. The highest BCUT2D eigenvalue weighted by Crippen LogP contribution is 2.37. The number of imidazole rings is 2. The molecule has 0 radical (unpaired) electrons. The molecular weight excluding hydrogens is 1110 g/mol. The van der Waals surface area contributed by atoms with E-state index in [1.807, 2.05) is 43.5 Å². The molecular formula is C57H62FN13O8S3. The van der Waals surface area contributed by atoms with Gasteiger partial charge in [0.2, 0.25) is 0 Å². The van der Waals surface area contributed by atoms with Crippen molar-refractivity contribution in [3.8, 4) is 11.5 Å². The first kappa shape index (κ1) is 56.1. The molecule has 6 aromatic heterocycles. The number of halogens is 1. The van der Waals surface area contributed by atoms with E-state index >= 15 is 0 Å². The first-order valence-corrected chi connectivity index (χ1v) is 30.9. The van der Waals surface area contributed by atoms with Crippen molar-refractivity contribution in [2.24, 2.45) is 14.1 Å². The lowest BCUT2D eigenvalue weighted by molar-refractivity contribution is 0.171. The fourth-order valence-electron chi connectivity index (χ4n) is 10.2. The fourth-order valence-corrected chi connectivity index (χ4v) is 14.2. The van der Waals surface area contributed by atoms with E-state index < -0.39 is 35.9 Å². The van der Waals surface area contributed by atoms with Crippen LogP contribution < -0.4 is 9.47 Å². The lowest BCUT2D eigenvalue weighted by atomic mass is 10.00. The van der Waals surface area contributed by atoms with E-state index in [1.165, 1.54) is 40.6 Å². The van der Waals surface area contributed by atoms with E-state index in [0.717, 1.165) is 105 Å². The molecule has 21 nitrogen and oxygen atoms in total. The van der Waals surface area contributed by atoms with Crippen molar-refractivity contribution in [1.82, 2.24) is 61.1 Å². The highest BCUT2D eigenvalue weighted by molar-refractivity contribution is 7.90. The first-order valence-electron chi connectivity index (χ1n) is 26.6. The third-order valence-corrected chi connectivity index (χ3v) is 19.7. The third-order valence-electron chi connectivity index (χ3n) is 15.1. The van der Waals surface area contributed by atoms with Crippen molar-refractivity contribution in [1.29, 1.82) is 0 Å². The van der Waals surface area contributed by atoms with Crippen LogP contribution in [0.1, 0.15) is 47.9 Å². The Morgan fingerprint density at radius 1 is 0.537 bits per heavy atom. The number of aryl methyl sites for hydroxylation is 4. The number of fused-ring (bicyclic) bond motifs is 4. The van der Waals surface area contributed by atoms with Gasteiger partial charge in [-0.15, -0.1) is 0 Å². The molecule has 9 aromatic rings. The average molecular weight is 1170 g/mol. The SMILES string of the molecule is CN1CC=C(c2cn(S(=O)(=O)c3ccc4c(c3)OCCO4)c3ncccc23)CC1.Cc1nc(S(=O)(=O)n2nc(C3=CCN(C)CC3)c3cc(F)ccc32)cn1C.Cc1nc(S(=O)(=O)n2nc(C3=CCN(C)CC3)c3ccccc32)cn1C. The molecule has 0 spiro atoms. The summed E-state index contributed by atoms with van der Waals surface area (Å²) in [7, 11) is -2.05. The number of aromatic nitrogens is 10. The number of ether oxygens (including phenoxy) is 2. The molecule has 4 aliphatic heterocycles. The molecule has 0 bridgehead atoms. The lowest BCUT2D eigenvalue weighted by Gasteiger charge is -2.21. The molecule has 4 aliphatic rings. The van der Waals surface area contributed by atoms with Gasteiger partial charge < -0.3 is 33.3 Å². The molecule has 25 heteroatoms. The Balaban J connectivity index is 0.000000129. The van der Waals surface area contributed by atoms with Crippen molar-refractivity contribution in [2.45, 2.75) is 48.1 Å². The smallest absolute Gasteiger partial charge is 0.302 e. The summed E-state index contributed by atoms with van der Waals surface area (Å²) in [5.41, 5.74) is 6.68. The van der Waals surface area contributed by atoms with Crippen LogP contribution in [-0.4, -0.2) is 160 Å². The molecule has 0 unspecified atom stereocenters. The molecule has 0 aliphatic carbocycles. The summed E-state index contributed by atoms with van der Waals surface area (Å²) in [5.74, 6) is 1.79. The van der Waals surface area contributed by atoms with Gasteiger partial charge in [0.15, 0.2) is 27.2 Å². The second kappa shape index (κ2) is 22.2. The van der Waals surface area contributed by atoms with Crippen LogP contribution in [0.5, 0.6) is 11.5 Å². The predicted octanol–water partition coefficient (Wildman–Crippen LogP) is 6.97. The Bertz CT molecular complexity index is 4380. The summed E-state index contributed by atoms with van der Waals surface area (Å²) in [4.78, 5) is 19.4. The molecule has 428 valence electrons. The molecule has 0 atom stereocenters. The van der Waals surface area contributed by atoms with Gasteiger partial charge in [0.25, 0.3) is 10.0 Å². The van der Waals surface area contributed by atoms with Crippen molar-refractivity contribution in [3.63, 3.8) is 0 Å². The molecule has 13 rings (SSSR count). The predicted molar refractivity (Wildman–Crippen MR) is 311 cm³/mol. The van der Waals surface area contributed by atoms with Gasteiger partial charge in [-0.1, -0.05) is 36.4 Å². The fraction of sp³-hybridized carbons (Fsp3) is 0.316. The third kappa shape index (κ3) is 10.7. The van der Waals surface area contributed by atoms with E-state index in [-0.39, 0.29) is 14.9 Å². The summed E-state index contributed by atoms with van der Waals surface area (Å²) in [5, 5.41) is 11.0. The minimum Gasteiger partial charge on any atom is -0.486 e. The number of likely N-dealkylation sites (N-methyl/N-ethyl adjacent to an activating group) is 3. The Hall–Kier alpha value is -7.81. The number of para-hydroxylation sites is 1. The van der Waals surface area contributed by atoms with Crippen LogP contribution in [0.3, 0.4) is 0 Å². The van der Waals surface area contributed by atoms with Crippen LogP contribution in [0.25, 0.3) is 49.6 Å². The van der Waals surface area contributed by atoms with Gasteiger partial charge in [-0.3, -0.25) is 0 Å². The van der Waals surface area contributed by atoms with Crippen molar-refractivity contribution in [3.05, 3.63) is 150 Å². The van der Waals surface area contributed by atoms with Crippen molar-refractivity contribution < 1.29 is 39.1 Å². The van der Waals surface area contributed by atoms with Crippen LogP contribution in [0.2, 0.25) is 0 Å². The van der Waals surface area contributed by atoms with Crippen molar-refractivity contribution in [2.75, 3.05) is 73.6 Å². The number of hydrogen-bond acceptors (Lipinski definition) is 16. The summed E-state index contributed by atoms with van der Waals surface area (Å²) >= 11 is 0. The zero-order valence-electron chi connectivity index (χ0n) is 46.4. The number of hydrogen-bond donors (Lipinski definition) is 0. The summed E-state index contributed by atoms with van der Waals surface area (Å²) < 4.78 is 111. The van der Waals surface area contributed by atoms with E-state index in [4.69, 9.17) is 9.47 Å². The molecule has 0 saturated carbocycles. The van der Waals surface area contributed by atoms with Gasteiger partial charge in [-0.25, -0.2) is 31.7 Å². The molecule has 3 aromatic carbocycles. The number of pyridine rings is 1. The zero-order valence-corrected chi connectivity index (χ0v) is 48.9. The molecule has 10 heterocycles.